The standard InChI is InChI=1S/C23H26N4O2/c1-24-23(26-15-18-9-11-21(28-2)12-10-18)27-16-19-6-5-8-22(14-19)29-17-20-7-3-4-13-25-20/h3-14H,15-17H2,1-2H3,(H2,24,26,27). The molecule has 29 heavy (non-hydrogen) atoms. The molecule has 0 spiro atoms. The summed E-state index contributed by atoms with van der Waals surface area (Å²) in [5, 5.41) is 6.64. The van der Waals surface area contributed by atoms with Gasteiger partial charge in [0.2, 0.25) is 0 Å². The first-order valence-corrected chi connectivity index (χ1v) is 9.46. The van der Waals surface area contributed by atoms with Crippen LogP contribution >= 0.6 is 0 Å². The number of pyridine rings is 1. The molecule has 0 aliphatic heterocycles. The molecule has 2 N–H and O–H groups in total. The Hall–Kier alpha value is -3.54. The Labute approximate surface area is 171 Å². The fourth-order valence-corrected chi connectivity index (χ4v) is 2.72. The Morgan fingerprint density at radius 3 is 2.38 bits per heavy atom. The van der Waals surface area contributed by atoms with E-state index in [4.69, 9.17) is 9.47 Å². The van der Waals surface area contributed by atoms with E-state index in [2.05, 4.69) is 26.7 Å². The molecule has 0 fully saturated rings. The van der Waals surface area contributed by atoms with Gasteiger partial charge in [0.25, 0.3) is 0 Å². The molecule has 1 heterocycles. The van der Waals surface area contributed by atoms with Crippen LogP contribution < -0.4 is 20.1 Å². The third-order valence-corrected chi connectivity index (χ3v) is 4.31. The van der Waals surface area contributed by atoms with E-state index >= 15 is 0 Å². The van der Waals surface area contributed by atoms with Crippen molar-refractivity contribution in [1.29, 1.82) is 0 Å². The molecule has 0 aliphatic carbocycles. The lowest BCUT2D eigenvalue weighted by Crippen LogP contribution is -2.36. The van der Waals surface area contributed by atoms with Crippen LogP contribution in [-0.4, -0.2) is 25.1 Å². The number of guanidine groups is 1. The van der Waals surface area contributed by atoms with Crippen molar-refractivity contribution < 1.29 is 9.47 Å². The Kier molecular flexibility index (Phi) is 7.46. The largest absolute Gasteiger partial charge is 0.497 e. The first kappa shape index (κ1) is 20.2. The van der Waals surface area contributed by atoms with Crippen molar-refractivity contribution in [3.63, 3.8) is 0 Å². The SMILES string of the molecule is CN=C(NCc1ccc(OC)cc1)NCc1cccc(OCc2ccccn2)c1. The molecule has 0 atom stereocenters. The van der Waals surface area contributed by atoms with Crippen LogP contribution in [0.15, 0.2) is 77.9 Å². The van der Waals surface area contributed by atoms with Gasteiger partial charge in [-0.05, 0) is 47.5 Å². The van der Waals surface area contributed by atoms with Gasteiger partial charge in [0.15, 0.2) is 5.96 Å². The molecule has 2 aromatic carbocycles. The summed E-state index contributed by atoms with van der Waals surface area (Å²) < 4.78 is 11.0. The molecule has 0 amide bonds. The average molecular weight is 390 g/mol. The Balaban J connectivity index is 1.48. The van der Waals surface area contributed by atoms with Gasteiger partial charge in [0.05, 0.1) is 12.8 Å². The lowest BCUT2D eigenvalue weighted by Gasteiger charge is -2.13. The van der Waals surface area contributed by atoms with Gasteiger partial charge in [-0.2, -0.15) is 0 Å². The van der Waals surface area contributed by atoms with E-state index < -0.39 is 0 Å². The first-order valence-electron chi connectivity index (χ1n) is 9.46. The average Bonchev–Trinajstić information content (AvgIpc) is 2.79. The van der Waals surface area contributed by atoms with Gasteiger partial charge in [0, 0.05) is 26.3 Å². The maximum atomic E-state index is 5.84. The Bertz CT molecular complexity index is 912. The molecule has 0 unspecified atom stereocenters. The Morgan fingerprint density at radius 1 is 0.897 bits per heavy atom. The van der Waals surface area contributed by atoms with E-state index in [1.165, 1.54) is 0 Å². The number of nitrogens with zero attached hydrogens (tertiary/aromatic N) is 2. The molecule has 3 aromatic rings. The number of hydrogen-bond acceptors (Lipinski definition) is 4. The third-order valence-electron chi connectivity index (χ3n) is 4.31. The van der Waals surface area contributed by atoms with E-state index in [0.29, 0.717) is 19.7 Å². The predicted molar refractivity (Wildman–Crippen MR) is 115 cm³/mol. The fourth-order valence-electron chi connectivity index (χ4n) is 2.72. The molecular formula is C23H26N4O2. The molecule has 0 saturated carbocycles. The van der Waals surface area contributed by atoms with Gasteiger partial charge < -0.3 is 20.1 Å². The van der Waals surface area contributed by atoms with E-state index in [1.54, 1.807) is 20.4 Å². The summed E-state index contributed by atoms with van der Waals surface area (Å²) in [7, 11) is 3.42. The van der Waals surface area contributed by atoms with E-state index in [1.807, 2.05) is 60.7 Å². The maximum Gasteiger partial charge on any atom is 0.191 e. The molecule has 1 aromatic heterocycles. The molecule has 0 bridgehead atoms. The minimum atomic E-state index is 0.447. The van der Waals surface area contributed by atoms with Gasteiger partial charge >= 0.3 is 0 Å². The maximum absolute atomic E-state index is 5.84. The number of nitrogens with one attached hydrogen (secondary N) is 2. The van der Waals surface area contributed by atoms with Crippen LogP contribution in [0, 0.1) is 0 Å². The van der Waals surface area contributed by atoms with Crippen LogP contribution in [0.2, 0.25) is 0 Å². The summed E-state index contributed by atoms with van der Waals surface area (Å²) in [5.41, 5.74) is 3.16. The van der Waals surface area contributed by atoms with Crippen LogP contribution in [0.4, 0.5) is 0 Å². The number of ether oxygens (including phenoxy) is 2. The van der Waals surface area contributed by atoms with Crippen LogP contribution in [-0.2, 0) is 19.7 Å². The second kappa shape index (κ2) is 10.7. The number of benzene rings is 2. The predicted octanol–water partition coefficient (Wildman–Crippen LogP) is 3.53. The highest BCUT2D eigenvalue weighted by Crippen LogP contribution is 2.15. The summed E-state index contributed by atoms with van der Waals surface area (Å²) in [6.45, 7) is 1.77. The van der Waals surface area contributed by atoms with Gasteiger partial charge in [-0.1, -0.05) is 30.3 Å². The van der Waals surface area contributed by atoms with Crippen LogP contribution in [0.3, 0.4) is 0 Å². The van der Waals surface area contributed by atoms with E-state index in [0.717, 1.165) is 34.3 Å². The zero-order valence-electron chi connectivity index (χ0n) is 16.8. The number of methoxy groups -OCH3 is 1. The minimum absolute atomic E-state index is 0.447. The third kappa shape index (κ3) is 6.53. The monoisotopic (exact) mass is 390 g/mol. The molecule has 6 nitrogen and oxygen atoms in total. The van der Waals surface area contributed by atoms with Crippen molar-refractivity contribution in [1.82, 2.24) is 15.6 Å². The zero-order valence-corrected chi connectivity index (χ0v) is 16.8. The minimum Gasteiger partial charge on any atom is -0.497 e. The first-order chi connectivity index (χ1) is 14.3. The molecule has 0 radical (unpaired) electrons. The summed E-state index contributed by atoms with van der Waals surface area (Å²) >= 11 is 0. The lowest BCUT2D eigenvalue weighted by atomic mass is 10.2. The van der Waals surface area contributed by atoms with Gasteiger partial charge in [0.1, 0.15) is 18.1 Å². The Morgan fingerprint density at radius 2 is 1.69 bits per heavy atom. The topological polar surface area (TPSA) is 67.8 Å². The van der Waals surface area contributed by atoms with Crippen molar-refractivity contribution in [2.24, 2.45) is 4.99 Å². The highest BCUT2D eigenvalue weighted by molar-refractivity contribution is 5.79. The van der Waals surface area contributed by atoms with Gasteiger partial charge in [-0.25, -0.2) is 0 Å². The molecule has 0 saturated heterocycles. The number of hydrogen-bond donors (Lipinski definition) is 2. The number of rotatable bonds is 8. The van der Waals surface area contributed by atoms with Crippen molar-refractivity contribution in [2.75, 3.05) is 14.2 Å². The fraction of sp³-hybridized carbons (Fsp3) is 0.217. The lowest BCUT2D eigenvalue weighted by molar-refractivity contribution is 0.301. The molecular weight excluding hydrogens is 364 g/mol. The molecule has 150 valence electrons. The van der Waals surface area contributed by atoms with Crippen molar-refractivity contribution in [2.45, 2.75) is 19.7 Å². The number of aliphatic imine (C=N–C) groups is 1. The second-order valence-corrected chi connectivity index (χ2v) is 6.38. The summed E-state index contributed by atoms with van der Waals surface area (Å²) in [5.74, 6) is 2.40. The van der Waals surface area contributed by atoms with Crippen LogP contribution in [0.5, 0.6) is 11.5 Å². The summed E-state index contributed by atoms with van der Waals surface area (Å²) in [6, 6.07) is 21.8. The van der Waals surface area contributed by atoms with Crippen molar-refractivity contribution in [3.8, 4) is 11.5 Å². The molecule has 6 heteroatoms. The quantitative estimate of drug-likeness (QED) is 0.455. The second-order valence-electron chi connectivity index (χ2n) is 6.38. The molecule has 0 aliphatic rings. The van der Waals surface area contributed by atoms with Crippen LogP contribution in [0.1, 0.15) is 16.8 Å². The number of aromatic nitrogens is 1. The van der Waals surface area contributed by atoms with Crippen LogP contribution in [0.25, 0.3) is 0 Å². The van der Waals surface area contributed by atoms with Crippen molar-refractivity contribution in [3.05, 3.63) is 89.7 Å². The molecule has 3 rings (SSSR count). The summed E-state index contributed by atoms with van der Waals surface area (Å²) in [4.78, 5) is 8.55. The van der Waals surface area contributed by atoms with Gasteiger partial charge in [-0.3, -0.25) is 9.98 Å². The summed E-state index contributed by atoms with van der Waals surface area (Å²) in [6.07, 6.45) is 1.77. The highest BCUT2D eigenvalue weighted by Gasteiger charge is 2.02. The highest BCUT2D eigenvalue weighted by atomic mass is 16.5. The van der Waals surface area contributed by atoms with Gasteiger partial charge in [-0.15, -0.1) is 0 Å². The van der Waals surface area contributed by atoms with E-state index in [9.17, 15) is 0 Å². The van der Waals surface area contributed by atoms with Crippen molar-refractivity contribution >= 4 is 5.96 Å². The van der Waals surface area contributed by atoms with E-state index in [-0.39, 0.29) is 0 Å². The smallest absolute Gasteiger partial charge is 0.191 e. The zero-order chi connectivity index (χ0) is 20.3. The normalized spacial score (nSPS) is 11.0.